The summed E-state index contributed by atoms with van der Waals surface area (Å²) in [4.78, 5) is 0. The normalized spacial score (nSPS) is 10.5. The molecule has 0 aliphatic heterocycles. The Morgan fingerprint density at radius 3 is 2.13 bits per heavy atom. The number of unbranched alkanes of at least 4 members (excludes halogenated alkanes) is 5. The summed E-state index contributed by atoms with van der Waals surface area (Å²) in [6.07, 6.45) is 8.86. The highest BCUT2D eigenvalue weighted by atomic mass is 35.5. The zero-order chi connectivity index (χ0) is 10.9. The fourth-order valence-corrected chi connectivity index (χ4v) is 1.81. The lowest BCUT2D eigenvalue weighted by atomic mass is 10.1. The van der Waals surface area contributed by atoms with Crippen LogP contribution < -0.4 is 0 Å². The summed E-state index contributed by atoms with van der Waals surface area (Å²) in [5.74, 6) is 0. The van der Waals surface area contributed by atoms with Gasteiger partial charge in [-0.3, -0.25) is 0 Å². The van der Waals surface area contributed by atoms with Gasteiger partial charge in [-0.2, -0.15) is 0 Å². The van der Waals surface area contributed by atoms with Gasteiger partial charge in [-0.15, -0.1) is 0 Å². The minimum Gasteiger partial charge on any atom is -0.0843 e. The third-order valence-corrected chi connectivity index (χ3v) is 2.88. The van der Waals surface area contributed by atoms with E-state index in [9.17, 15) is 0 Å². The van der Waals surface area contributed by atoms with Gasteiger partial charge >= 0.3 is 0 Å². The van der Waals surface area contributed by atoms with E-state index in [1.165, 1.54) is 44.1 Å². The van der Waals surface area contributed by atoms with E-state index in [4.69, 9.17) is 11.6 Å². The summed E-state index contributed by atoms with van der Waals surface area (Å²) < 4.78 is 0. The molecule has 1 radical (unpaired) electrons. The highest BCUT2D eigenvalue weighted by Gasteiger charge is 1.94. The van der Waals surface area contributed by atoms with Crippen LogP contribution in [-0.4, -0.2) is 0 Å². The van der Waals surface area contributed by atoms with Crippen LogP contribution >= 0.6 is 11.6 Å². The van der Waals surface area contributed by atoms with Crippen molar-refractivity contribution in [1.82, 2.24) is 0 Å². The summed E-state index contributed by atoms with van der Waals surface area (Å²) in [6, 6.07) is 8.19. The van der Waals surface area contributed by atoms with Crippen LogP contribution in [0, 0.1) is 6.92 Å². The minimum atomic E-state index is 0.828. The summed E-state index contributed by atoms with van der Waals surface area (Å²) >= 11 is 5.82. The number of hydrogen-bond donors (Lipinski definition) is 0. The summed E-state index contributed by atoms with van der Waals surface area (Å²) in [5.41, 5.74) is 1.40. The Bertz CT molecular complexity index is 251. The monoisotopic (exact) mass is 223 g/mol. The van der Waals surface area contributed by atoms with Gasteiger partial charge < -0.3 is 0 Å². The van der Waals surface area contributed by atoms with E-state index in [0.29, 0.717) is 0 Å². The topological polar surface area (TPSA) is 0 Å². The van der Waals surface area contributed by atoms with Crippen LogP contribution in [0.2, 0.25) is 5.02 Å². The largest absolute Gasteiger partial charge is 0.0843 e. The maximum absolute atomic E-state index is 5.82. The van der Waals surface area contributed by atoms with Gasteiger partial charge in [0.15, 0.2) is 0 Å². The predicted molar refractivity (Wildman–Crippen MR) is 68.2 cm³/mol. The molecule has 0 heterocycles. The van der Waals surface area contributed by atoms with Crippen molar-refractivity contribution >= 4 is 11.6 Å². The van der Waals surface area contributed by atoms with Crippen LogP contribution in [0.4, 0.5) is 0 Å². The molecule has 1 rings (SSSR count). The van der Waals surface area contributed by atoms with Crippen LogP contribution in [0.1, 0.15) is 44.1 Å². The van der Waals surface area contributed by atoms with Gasteiger partial charge in [0.2, 0.25) is 0 Å². The van der Waals surface area contributed by atoms with Crippen molar-refractivity contribution in [3.63, 3.8) is 0 Å². The maximum atomic E-state index is 5.82. The molecular formula is C14H20Cl. The molecule has 0 bridgehead atoms. The third-order valence-electron chi connectivity index (χ3n) is 2.63. The maximum Gasteiger partial charge on any atom is 0.0406 e. The molecule has 0 aromatic heterocycles. The van der Waals surface area contributed by atoms with Crippen LogP contribution in [0.25, 0.3) is 0 Å². The van der Waals surface area contributed by atoms with E-state index in [-0.39, 0.29) is 0 Å². The second kappa shape index (κ2) is 7.76. The summed E-state index contributed by atoms with van der Waals surface area (Å²) in [7, 11) is 0. The van der Waals surface area contributed by atoms with Crippen molar-refractivity contribution in [2.24, 2.45) is 0 Å². The average Bonchev–Trinajstić information content (AvgIpc) is 2.26. The molecule has 1 heteroatoms. The van der Waals surface area contributed by atoms with Crippen molar-refractivity contribution in [3.05, 3.63) is 41.8 Å². The highest BCUT2D eigenvalue weighted by molar-refractivity contribution is 6.30. The smallest absolute Gasteiger partial charge is 0.0406 e. The molecule has 0 saturated heterocycles. The van der Waals surface area contributed by atoms with Gasteiger partial charge in [-0.25, -0.2) is 0 Å². The Kier molecular flexibility index (Phi) is 6.50. The number of halogens is 1. The first-order valence-corrected chi connectivity index (χ1v) is 6.24. The predicted octanol–water partition coefficient (Wildman–Crippen LogP) is 5.06. The molecule has 1 aromatic carbocycles. The molecule has 0 atom stereocenters. The minimum absolute atomic E-state index is 0.828. The molecule has 15 heavy (non-hydrogen) atoms. The first-order chi connectivity index (χ1) is 7.33. The first kappa shape index (κ1) is 12.6. The second-order valence-corrected chi connectivity index (χ2v) is 4.43. The Hall–Kier alpha value is -0.490. The van der Waals surface area contributed by atoms with E-state index >= 15 is 0 Å². The van der Waals surface area contributed by atoms with Crippen LogP contribution in [-0.2, 0) is 6.42 Å². The molecule has 0 spiro atoms. The van der Waals surface area contributed by atoms with Crippen molar-refractivity contribution in [2.45, 2.75) is 44.9 Å². The Balaban J connectivity index is 2.07. The van der Waals surface area contributed by atoms with Crippen molar-refractivity contribution in [3.8, 4) is 0 Å². The molecule has 0 N–H and O–H groups in total. The number of hydrogen-bond acceptors (Lipinski definition) is 0. The molecule has 0 nitrogen and oxygen atoms in total. The highest BCUT2D eigenvalue weighted by Crippen LogP contribution is 2.13. The van der Waals surface area contributed by atoms with E-state index in [2.05, 4.69) is 19.1 Å². The van der Waals surface area contributed by atoms with Gasteiger partial charge in [0.05, 0.1) is 0 Å². The van der Waals surface area contributed by atoms with Gasteiger partial charge in [0.25, 0.3) is 0 Å². The van der Waals surface area contributed by atoms with Gasteiger partial charge in [0.1, 0.15) is 0 Å². The molecule has 1 aromatic rings. The molecule has 0 saturated carbocycles. The number of benzene rings is 1. The van der Waals surface area contributed by atoms with Crippen LogP contribution in [0.15, 0.2) is 24.3 Å². The quantitative estimate of drug-likeness (QED) is 0.567. The molecular weight excluding hydrogens is 204 g/mol. The fourth-order valence-electron chi connectivity index (χ4n) is 1.69. The van der Waals surface area contributed by atoms with E-state index in [1.54, 1.807) is 0 Å². The van der Waals surface area contributed by atoms with Crippen molar-refractivity contribution in [2.75, 3.05) is 0 Å². The molecule has 0 unspecified atom stereocenters. The molecule has 0 aliphatic rings. The van der Waals surface area contributed by atoms with Crippen molar-refractivity contribution in [1.29, 1.82) is 0 Å². The lowest BCUT2D eigenvalue weighted by Crippen LogP contribution is -1.85. The molecule has 0 aliphatic carbocycles. The summed E-state index contributed by atoms with van der Waals surface area (Å²) in [5, 5.41) is 0.828. The third kappa shape index (κ3) is 5.84. The SMILES string of the molecule is [CH2]CCCCCCCc1ccc(Cl)cc1. The van der Waals surface area contributed by atoms with Crippen LogP contribution in [0.5, 0.6) is 0 Å². The molecule has 0 fully saturated rings. The molecule has 83 valence electrons. The Morgan fingerprint density at radius 1 is 0.867 bits per heavy atom. The van der Waals surface area contributed by atoms with Gasteiger partial charge in [0, 0.05) is 5.02 Å². The Morgan fingerprint density at radius 2 is 1.47 bits per heavy atom. The van der Waals surface area contributed by atoms with Gasteiger partial charge in [-0.05, 0) is 30.5 Å². The van der Waals surface area contributed by atoms with Crippen molar-refractivity contribution < 1.29 is 0 Å². The van der Waals surface area contributed by atoms with Gasteiger partial charge in [-0.1, -0.05) is 62.8 Å². The van der Waals surface area contributed by atoms with Crippen LogP contribution in [0.3, 0.4) is 0 Å². The second-order valence-electron chi connectivity index (χ2n) is 4.00. The lowest BCUT2D eigenvalue weighted by molar-refractivity contribution is 0.617. The zero-order valence-corrected chi connectivity index (χ0v) is 10.1. The Labute approximate surface area is 98.7 Å². The van der Waals surface area contributed by atoms with E-state index in [1.807, 2.05) is 12.1 Å². The number of rotatable bonds is 7. The summed E-state index contributed by atoms with van der Waals surface area (Å²) in [6.45, 7) is 3.85. The zero-order valence-electron chi connectivity index (χ0n) is 9.34. The number of aryl methyl sites for hydroxylation is 1. The average molecular weight is 224 g/mol. The molecule has 0 amide bonds. The van der Waals surface area contributed by atoms with E-state index < -0.39 is 0 Å². The first-order valence-electron chi connectivity index (χ1n) is 5.86. The van der Waals surface area contributed by atoms with E-state index in [0.717, 1.165) is 11.4 Å². The standard InChI is InChI=1S/C14H20Cl/c1-2-3-4-5-6-7-8-13-9-11-14(15)12-10-13/h9-12H,1-8H2. The lowest BCUT2D eigenvalue weighted by Gasteiger charge is -2.01. The fraction of sp³-hybridized carbons (Fsp3) is 0.500.